The van der Waals surface area contributed by atoms with Gasteiger partial charge in [-0.25, -0.2) is 33.8 Å². The molecule has 0 spiro atoms. The number of nitrogen functional groups attached to an aromatic ring is 1. The molecule has 4 amide bonds. The number of unbranched alkanes of at least 4 members (excludes halogenated alkanes) is 4. The van der Waals surface area contributed by atoms with Gasteiger partial charge >= 0.3 is 6.03 Å². The maximum Gasteiger partial charge on any atom is 0.329 e. The van der Waals surface area contributed by atoms with Gasteiger partial charge in [-0.05, 0) is 89.5 Å². The van der Waals surface area contributed by atoms with E-state index < -0.39 is 6.03 Å². The number of anilines is 3. The summed E-state index contributed by atoms with van der Waals surface area (Å²) < 4.78 is 25.3. The summed E-state index contributed by atoms with van der Waals surface area (Å²) >= 11 is 0. The predicted molar refractivity (Wildman–Crippen MR) is 254 cm³/mol. The van der Waals surface area contributed by atoms with Crippen molar-refractivity contribution < 1.29 is 23.3 Å². The summed E-state index contributed by atoms with van der Waals surface area (Å²) in [5, 5.41) is 17.4. The number of nitrogens with one attached hydrogen (secondary N) is 1. The Kier molecular flexibility index (Phi) is 12.3. The number of piperidine rings is 1. The van der Waals surface area contributed by atoms with Crippen molar-refractivity contribution in [2.75, 3.05) is 67.9 Å². The Labute approximate surface area is 393 Å². The number of hydrogen-bond acceptors (Lipinski definition) is 14. The van der Waals surface area contributed by atoms with Gasteiger partial charge in [0.2, 0.25) is 11.8 Å². The van der Waals surface area contributed by atoms with Gasteiger partial charge in [0.1, 0.15) is 29.0 Å². The van der Waals surface area contributed by atoms with Crippen molar-refractivity contribution in [2.24, 2.45) is 7.05 Å². The number of likely N-dealkylation sites (tertiary alicyclic amines) is 1. The van der Waals surface area contributed by atoms with Crippen molar-refractivity contribution in [3.63, 3.8) is 0 Å². The highest BCUT2D eigenvalue weighted by molar-refractivity contribution is 6.09. The molecular weight excluding hydrogens is 870 g/mol. The van der Waals surface area contributed by atoms with E-state index in [0.29, 0.717) is 76.0 Å². The molecule has 6 aromatic rings. The number of imide groups is 1. The van der Waals surface area contributed by atoms with Crippen molar-refractivity contribution >= 4 is 57.1 Å². The first-order valence-electron chi connectivity index (χ1n) is 24.2. The molecule has 4 fully saturated rings. The van der Waals surface area contributed by atoms with Crippen LogP contribution in [0.15, 0.2) is 35.4 Å². The molecule has 3 N–H and O–H groups in total. The van der Waals surface area contributed by atoms with Gasteiger partial charge < -0.3 is 20.1 Å². The molecule has 19 nitrogen and oxygen atoms in total. The van der Waals surface area contributed by atoms with Crippen molar-refractivity contribution in [3.8, 4) is 22.8 Å². The third-order valence-electron chi connectivity index (χ3n) is 14.0. The number of carbonyl (C=O) groups is 3. The van der Waals surface area contributed by atoms with E-state index in [4.69, 9.17) is 25.3 Å². The average Bonchev–Trinajstić information content (AvgIpc) is 3.80. The van der Waals surface area contributed by atoms with Crippen LogP contribution in [0.4, 0.5) is 26.5 Å². The van der Waals surface area contributed by atoms with Gasteiger partial charge in [-0.3, -0.25) is 29.4 Å². The Bertz CT molecular complexity index is 2850. The molecule has 8 heterocycles. The fourth-order valence-electron chi connectivity index (χ4n) is 10.1. The highest BCUT2D eigenvalue weighted by Gasteiger charge is 2.37. The fraction of sp³-hybridized carbons (Fsp3) is 0.542. The van der Waals surface area contributed by atoms with Gasteiger partial charge in [-0.1, -0.05) is 24.4 Å². The number of amides is 4. The fourth-order valence-corrected chi connectivity index (χ4v) is 10.1. The van der Waals surface area contributed by atoms with Crippen molar-refractivity contribution in [1.29, 1.82) is 0 Å². The molecule has 1 aromatic carbocycles. The highest BCUT2D eigenvalue weighted by Crippen LogP contribution is 2.48. The molecule has 0 bridgehead atoms. The van der Waals surface area contributed by atoms with Gasteiger partial charge in [-0.15, -0.1) is 0 Å². The normalized spacial score (nSPS) is 17.8. The largest absolute Gasteiger partial charge is 0.383 e. The number of rotatable bonds is 14. The van der Waals surface area contributed by atoms with E-state index in [0.717, 1.165) is 107 Å². The van der Waals surface area contributed by atoms with E-state index in [1.165, 1.54) is 15.9 Å². The Morgan fingerprint density at radius 2 is 1.60 bits per heavy atom. The molecule has 4 aliphatic rings. The maximum atomic E-state index is 16.0. The standard InChI is InChI=1S/C48H60FN15O4/c1-48(2,3)64-46-37(43(50)53-28-54-46)39(56-64)40-36(42(68-58-40)30-11-12-30)44-51-26-31(27-52-44)29-15-19-62(20-16-29)35(66)10-8-6-5-7-9-18-60-22-24-61(25-23-60)33-14-13-32-41(38(33)49)59(4)57-45(32)63-21-17-34(65)55-47(63)67/h13-14,26-30H,5-12,15-25H2,1-4H3,(H2,50,53,54)(H,55,65,67). The lowest BCUT2D eigenvalue weighted by Gasteiger charge is -2.36. The highest BCUT2D eigenvalue weighted by atomic mass is 19.1. The molecule has 358 valence electrons. The molecule has 3 aliphatic heterocycles. The van der Waals surface area contributed by atoms with Crippen LogP contribution in [-0.4, -0.2) is 125 Å². The van der Waals surface area contributed by atoms with E-state index in [9.17, 15) is 14.4 Å². The SMILES string of the molecule is Cn1nc(N2CCC(=O)NC2=O)c2ccc(N3CCN(CCCCCCCC(=O)N4CCC(c5cnc(-c6c(-c7nn(C(C)(C)C)c8ncnc(N)c78)noc6C6CC6)nc5)CC4)CC3)c(F)c21. The second-order valence-corrected chi connectivity index (χ2v) is 19.8. The first-order chi connectivity index (χ1) is 32.8. The molecule has 5 aromatic heterocycles. The number of nitrogens with two attached hydrogens (primary N) is 1. The van der Waals surface area contributed by atoms with E-state index in [1.807, 2.05) is 28.0 Å². The number of aromatic nitrogens is 9. The molecule has 1 aliphatic carbocycles. The number of aryl methyl sites for hydroxylation is 1. The Balaban J connectivity index is 0.655. The summed E-state index contributed by atoms with van der Waals surface area (Å²) in [7, 11) is 1.67. The molecule has 0 unspecified atom stereocenters. The summed E-state index contributed by atoms with van der Waals surface area (Å²) in [6, 6.07) is 3.05. The van der Waals surface area contributed by atoms with Crippen molar-refractivity contribution in [3.05, 3.63) is 48.0 Å². The van der Waals surface area contributed by atoms with Gasteiger partial charge in [0.25, 0.3) is 0 Å². The van der Waals surface area contributed by atoms with Crippen LogP contribution in [0.3, 0.4) is 0 Å². The Morgan fingerprint density at radius 1 is 0.868 bits per heavy atom. The Morgan fingerprint density at radius 3 is 2.32 bits per heavy atom. The molecule has 0 atom stereocenters. The van der Waals surface area contributed by atoms with Gasteiger partial charge in [0.15, 0.2) is 28.9 Å². The summed E-state index contributed by atoms with van der Waals surface area (Å²) in [6.45, 7) is 12.0. The van der Waals surface area contributed by atoms with Crippen molar-refractivity contribution in [1.82, 2.24) is 59.8 Å². The number of fused-ring (bicyclic) bond motifs is 2. The van der Waals surface area contributed by atoms with Gasteiger partial charge in [0.05, 0.1) is 22.2 Å². The first-order valence-corrected chi connectivity index (χ1v) is 24.2. The molecule has 3 saturated heterocycles. The molecular formula is C48H60FN15O4. The van der Waals surface area contributed by atoms with Crippen LogP contribution in [0.25, 0.3) is 44.7 Å². The minimum Gasteiger partial charge on any atom is -0.383 e. The molecule has 20 heteroatoms. The van der Waals surface area contributed by atoms with Crippen LogP contribution >= 0.6 is 0 Å². The van der Waals surface area contributed by atoms with E-state index in [1.54, 1.807) is 13.1 Å². The Hall–Kier alpha value is -6.57. The number of piperazine rings is 1. The number of benzene rings is 1. The van der Waals surface area contributed by atoms with E-state index >= 15 is 4.39 Å². The van der Waals surface area contributed by atoms with E-state index in [-0.39, 0.29) is 48.0 Å². The molecule has 68 heavy (non-hydrogen) atoms. The zero-order valence-corrected chi connectivity index (χ0v) is 39.4. The van der Waals surface area contributed by atoms with E-state index in [2.05, 4.69) is 56.1 Å². The van der Waals surface area contributed by atoms with Crippen molar-refractivity contribution in [2.45, 2.75) is 109 Å². The summed E-state index contributed by atoms with van der Waals surface area (Å²) in [5.41, 5.74) is 10.4. The molecule has 1 saturated carbocycles. The number of halogens is 1. The summed E-state index contributed by atoms with van der Waals surface area (Å²) in [4.78, 5) is 63.9. The van der Waals surface area contributed by atoms with Crippen LogP contribution in [-0.2, 0) is 22.2 Å². The zero-order chi connectivity index (χ0) is 47.3. The minimum absolute atomic E-state index is 0.170. The number of carbonyl (C=O) groups excluding carboxylic acids is 3. The minimum atomic E-state index is -0.543. The third-order valence-corrected chi connectivity index (χ3v) is 14.0. The van der Waals surface area contributed by atoms with Crippen LogP contribution in [0.1, 0.15) is 115 Å². The average molecular weight is 930 g/mol. The second-order valence-electron chi connectivity index (χ2n) is 19.8. The lowest BCUT2D eigenvalue weighted by molar-refractivity contribution is -0.132. The molecule has 10 rings (SSSR count). The summed E-state index contributed by atoms with van der Waals surface area (Å²) in [5.74, 6) is 2.04. The molecule has 0 radical (unpaired) electrons. The first kappa shape index (κ1) is 45.2. The summed E-state index contributed by atoms with van der Waals surface area (Å²) in [6.07, 6.45) is 15.0. The topological polar surface area (TPSA) is 215 Å². The van der Waals surface area contributed by atoms with Crippen LogP contribution in [0.5, 0.6) is 0 Å². The second kappa shape index (κ2) is 18.5. The number of hydrogen-bond donors (Lipinski definition) is 2. The van der Waals surface area contributed by atoms with Gasteiger partial charge in [0, 0.05) is 89.4 Å². The third kappa shape index (κ3) is 8.85. The predicted octanol–water partition coefficient (Wildman–Crippen LogP) is 6.49. The van der Waals surface area contributed by atoms with Crippen LogP contribution in [0.2, 0.25) is 0 Å². The number of nitrogens with zero attached hydrogens (tertiary/aromatic N) is 13. The van der Waals surface area contributed by atoms with Crippen LogP contribution < -0.4 is 20.9 Å². The smallest absolute Gasteiger partial charge is 0.329 e. The van der Waals surface area contributed by atoms with Crippen LogP contribution in [0, 0.1) is 5.82 Å². The lowest BCUT2D eigenvalue weighted by Crippen LogP contribution is -2.49. The van der Waals surface area contributed by atoms with Gasteiger partial charge in [-0.2, -0.15) is 10.2 Å². The maximum absolute atomic E-state index is 16.0. The monoisotopic (exact) mass is 929 g/mol. The quantitative estimate of drug-likeness (QED) is 0.112. The number of urea groups is 1. The zero-order valence-electron chi connectivity index (χ0n) is 39.4. The lowest BCUT2D eigenvalue weighted by atomic mass is 9.91.